The summed E-state index contributed by atoms with van der Waals surface area (Å²) < 4.78 is 2.72. The Morgan fingerprint density at radius 1 is 0.306 bits per heavy atom. The maximum absolute atomic E-state index is 5.53. The summed E-state index contributed by atoms with van der Waals surface area (Å²) in [5, 5.41) is 9.97. The van der Waals surface area contributed by atoms with E-state index in [1.54, 1.807) is 0 Å². The number of benzene rings is 10. The van der Waals surface area contributed by atoms with Gasteiger partial charge in [0.15, 0.2) is 0 Å². The molecule has 2 heterocycles. The second-order valence-corrected chi connectivity index (χ2v) is 18.8. The second kappa shape index (κ2) is 12.8. The van der Waals surface area contributed by atoms with Gasteiger partial charge in [-0.1, -0.05) is 18.2 Å². The molecule has 4 heteroatoms. The van der Waals surface area contributed by atoms with E-state index in [4.69, 9.17) is 15.0 Å². The Bertz CT molecular complexity index is 3820. The van der Waals surface area contributed by atoms with Gasteiger partial charge in [0.1, 0.15) is 0 Å². The first-order valence-electron chi connectivity index (χ1n) is 21.2. The molecule has 0 fully saturated rings. The first-order chi connectivity index (χ1) is 30.8. The van der Waals surface area contributed by atoms with Crippen molar-refractivity contribution in [2.45, 2.75) is 5.41 Å². The van der Waals surface area contributed by atoms with E-state index in [1.165, 1.54) is 96.1 Å². The van der Waals surface area contributed by atoms with Crippen LogP contribution in [0.4, 0.5) is 0 Å². The van der Waals surface area contributed by atoms with Gasteiger partial charge in [0, 0.05) is 0 Å². The fraction of sp³-hybridized carbons (Fsp3) is 0.0172. The standard InChI is InChI=1S/C58H33N3Se/c1-2-17-37-35(15-1)36-16-3-4-18-38(36)47-33-34(31-32-39(37)47)55-59-56(61-57(60-55)46-25-13-23-43-42-21-8-12-30-52(42)62-54(43)46)45-24-14-29-51-53(45)44-22-7-11-28-50(44)58(51)48-26-9-5-19-40(48)41-20-6-10-27-49(41)58/h1-33H. The molecule has 286 valence electrons. The molecule has 3 nitrogen and oxygen atoms in total. The van der Waals surface area contributed by atoms with Crippen LogP contribution >= 0.6 is 0 Å². The Morgan fingerprint density at radius 3 is 1.45 bits per heavy atom. The van der Waals surface area contributed by atoms with Crippen LogP contribution in [0.1, 0.15) is 22.3 Å². The molecule has 10 aromatic carbocycles. The molecule has 0 radical (unpaired) electrons. The predicted octanol–water partition coefficient (Wildman–Crippen LogP) is 14.0. The van der Waals surface area contributed by atoms with Crippen molar-refractivity contribution in [2.75, 3.05) is 0 Å². The van der Waals surface area contributed by atoms with Crippen LogP contribution in [0.25, 0.3) is 108 Å². The zero-order valence-electron chi connectivity index (χ0n) is 33.3. The Hall–Kier alpha value is -7.49. The molecule has 0 amide bonds. The van der Waals surface area contributed by atoms with Crippen LogP contribution in [0.2, 0.25) is 0 Å². The van der Waals surface area contributed by atoms with Crippen LogP contribution in [-0.4, -0.2) is 29.5 Å². The predicted molar refractivity (Wildman–Crippen MR) is 257 cm³/mol. The van der Waals surface area contributed by atoms with E-state index in [9.17, 15) is 0 Å². The van der Waals surface area contributed by atoms with E-state index in [0.717, 1.165) is 16.7 Å². The molecule has 2 aromatic heterocycles. The first-order valence-corrected chi connectivity index (χ1v) is 22.9. The van der Waals surface area contributed by atoms with Gasteiger partial charge >= 0.3 is 347 Å². The molecule has 0 saturated heterocycles. The van der Waals surface area contributed by atoms with Crippen LogP contribution in [0.5, 0.6) is 0 Å². The molecule has 0 unspecified atom stereocenters. The number of nitrogens with zero attached hydrogens (tertiary/aromatic N) is 3. The summed E-state index contributed by atoms with van der Waals surface area (Å²) in [6, 6.07) is 73.4. The minimum atomic E-state index is -0.468. The van der Waals surface area contributed by atoms with E-state index in [1.807, 2.05) is 0 Å². The number of aromatic nitrogens is 3. The molecule has 12 aromatic rings. The third-order valence-corrected chi connectivity index (χ3v) is 16.1. The summed E-state index contributed by atoms with van der Waals surface area (Å²) in [4.78, 5) is 16.5. The number of hydrogen-bond acceptors (Lipinski definition) is 3. The van der Waals surface area contributed by atoms with Crippen molar-refractivity contribution in [1.29, 1.82) is 0 Å². The SMILES string of the molecule is c1ccc2c(c1)-c1ccccc1C21c2ccccc2-c2c(-c3nc(-c4ccc5c6ccccc6c6ccccc6c5c4)nc(-c4cccc5c4[se]c4ccccc45)n3)cccc21. The number of fused-ring (bicyclic) bond motifs is 19. The van der Waals surface area contributed by atoms with E-state index < -0.39 is 5.41 Å². The summed E-state index contributed by atoms with van der Waals surface area (Å²) in [5.41, 5.74) is 12.8. The molecule has 0 aliphatic heterocycles. The van der Waals surface area contributed by atoms with Gasteiger partial charge in [-0.15, -0.1) is 0 Å². The molecular formula is C58H33N3Se. The van der Waals surface area contributed by atoms with Crippen LogP contribution in [0.15, 0.2) is 200 Å². The molecule has 14 rings (SSSR count). The van der Waals surface area contributed by atoms with Crippen molar-refractivity contribution in [1.82, 2.24) is 15.0 Å². The van der Waals surface area contributed by atoms with Gasteiger partial charge in [-0.3, -0.25) is 0 Å². The Labute approximate surface area is 363 Å². The zero-order chi connectivity index (χ0) is 40.5. The van der Waals surface area contributed by atoms with Crippen LogP contribution in [0, 0.1) is 0 Å². The third kappa shape index (κ3) is 4.52. The zero-order valence-corrected chi connectivity index (χ0v) is 35.0. The molecule has 0 N–H and O–H groups in total. The van der Waals surface area contributed by atoms with Crippen molar-refractivity contribution in [3.63, 3.8) is 0 Å². The van der Waals surface area contributed by atoms with Crippen molar-refractivity contribution in [3.8, 4) is 56.4 Å². The fourth-order valence-electron chi connectivity index (χ4n) is 11.0. The molecule has 62 heavy (non-hydrogen) atoms. The molecule has 1 spiro atoms. The van der Waals surface area contributed by atoms with Crippen LogP contribution in [-0.2, 0) is 5.41 Å². The average Bonchev–Trinajstić information content (AvgIpc) is 3.98. The molecular weight excluding hydrogens is 818 g/mol. The van der Waals surface area contributed by atoms with Gasteiger partial charge in [0.05, 0.1) is 0 Å². The minimum absolute atomic E-state index is 0.112. The summed E-state index contributed by atoms with van der Waals surface area (Å²) >= 11 is 0.112. The van der Waals surface area contributed by atoms with Gasteiger partial charge < -0.3 is 0 Å². The molecule has 0 bridgehead atoms. The van der Waals surface area contributed by atoms with Crippen molar-refractivity contribution < 1.29 is 0 Å². The fourth-order valence-corrected chi connectivity index (χ4v) is 13.6. The van der Waals surface area contributed by atoms with E-state index >= 15 is 0 Å². The maximum atomic E-state index is 5.53. The quantitative estimate of drug-likeness (QED) is 0.131. The Kier molecular flexibility index (Phi) is 7.05. The second-order valence-electron chi connectivity index (χ2n) is 16.6. The average molecular weight is 851 g/mol. The summed E-state index contributed by atoms with van der Waals surface area (Å²) in [6.45, 7) is 0. The summed E-state index contributed by atoms with van der Waals surface area (Å²) in [6.07, 6.45) is 0. The topological polar surface area (TPSA) is 38.7 Å². The molecule has 2 aliphatic carbocycles. The third-order valence-electron chi connectivity index (χ3n) is 13.5. The van der Waals surface area contributed by atoms with E-state index in [0.29, 0.717) is 17.5 Å². The van der Waals surface area contributed by atoms with Gasteiger partial charge in [0.2, 0.25) is 0 Å². The van der Waals surface area contributed by atoms with E-state index in [-0.39, 0.29) is 14.5 Å². The van der Waals surface area contributed by atoms with Gasteiger partial charge in [-0.25, -0.2) is 0 Å². The number of hydrogen-bond donors (Lipinski definition) is 0. The van der Waals surface area contributed by atoms with Crippen LogP contribution < -0.4 is 0 Å². The van der Waals surface area contributed by atoms with Gasteiger partial charge in [0.25, 0.3) is 0 Å². The van der Waals surface area contributed by atoms with Gasteiger partial charge in [-0.05, 0) is 0 Å². The van der Waals surface area contributed by atoms with Crippen molar-refractivity contribution in [2.24, 2.45) is 0 Å². The number of rotatable bonds is 3. The van der Waals surface area contributed by atoms with Crippen molar-refractivity contribution >= 4 is 66.1 Å². The summed E-state index contributed by atoms with van der Waals surface area (Å²) in [5.74, 6) is 2.05. The Balaban J connectivity index is 1.07. The Morgan fingerprint density at radius 2 is 0.758 bits per heavy atom. The monoisotopic (exact) mass is 851 g/mol. The molecule has 2 aliphatic rings. The first kappa shape index (κ1) is 34.2. The van der Waals surface area contributed by atoms with Gasteiger partial charge in [-0.2, -0.15) is 0 Å². The molecule has 0 saturated carbocycles. The summed E-state index contributed by atoms with van der Waals surface area (Å²) in [7, 11) is 0. The normalized spacial score (nSPS) is 13.3. The molecule has 0 atom stereocenters. The van der Waals surface area contributed by atoms with E-state index in [2.05, 4.69) is 200 Å². The van der Waals surface area contributed by atoms with Crippen molar-refractivity contribution in [3.05, 3.63) is 222 Å². The van der Waals surface area contributed by atoms with Crippen LogP contribution in [0.3, 0.4) is 0 Å².